The smallest absolute Gasteiger partial charge is 0.264 e. The molecule has 1 N–H and O–H groups in total. The molecule has 0 aliphatic rings. The zero-order valence-electron chi connectivity index (χ0n) is 20.9. The number of amides is 1. The van der Waals surface area contributed by atoms with Crippen LogP contribution in [0.2, 0.25) is 10.0 Å². The number of nitrogens with one attached hydrogen (secondary N) is 1. The van der Waals surface area contributed by atoms with Gasteiger partial charge in [-0.25, -0.2) is 21.1 Å². The van der Waals surface area contributed by atoms with Gasteiger partial charge in [-0.05, 0) is 61.5 Å². The highest BCUT2D eigenvalue weighted by Crippen LogP contribution is 2.33. The average Bonchev–Trinajstić information content (AvgIpc) is 2.87. The summed E-state index contributed by atoms with van der Waals surface area (Å²) in [6, 6.07) is 16.4. The van der Waals surface area contributed by atoms with Gasteiger partial charge in [-0.15, -0.1) is 0 Å². The molecule has 0 bridgehead atoms. The first-order valence-corrected chi connectivity index (χ1v) is 14.9. The van der Waals surface area contributed by atoms with Crippen molar-refractivity contribution < 1.29 is 26.4 Å². The second kappa shape index (κ2) is 12.4. The van der Waals surface area contributed by atoms with Gasteiger partial charge in [0, 0.05) is 19.1 Å². The van der Waals surface area contributed by atoms with E-state index in [0.29, 0.717) is 5.75 Å². The van der Waals surface area contributed by atoms with Crippen molar-refractivity contribution in [3.63, 3.8) is 0 Å². The van der Waals surface area contributed by atoms with Crippen molar-refractivity contribution in [2.75, 3.05) is 38.1 Å². The van der Waals surface area contributed by atoms with Crippen LogP contribution in [-0.2, 0) is 24.8 Å². The number of nitrogens with zero attached hydrogens (tertiary/aromatic N) is 2. The van der Waals surface area contributed by atoms with E-state index in [9.17, 15) is 21.6 Å². The van der Waals surface area contributed by atoms with Crippen LogP contribution in [0, 0.1) is 6.92 Å². The van der Waals surface area contributed by atoms with E-state index in [2.05, 4.69) is 5.32 Å². The lowest BCUT2D eigenvalue weighted by Crippen LogP contribution is -2.42. The Morgan fingerprint density at radius 3 is 2.05 bits per heavy atom. The minimum absolute atomic E-state index is 0.00463. The molecule has 3 aromatic rings. The van der Waals surface area contributed by atoms with Crippen LogP contribution in [0.4, 0.5) is 5.69 Å². The van der Waals surface area contributed by atoms with Gasteiger partial charge in [0.05, 0.1) is 27.0 Å². The maximum Gasteiger partial charge on any atom is 0.264 e. The quantitative estimate of drug-likeness (QED) is 0.334. The number of sulfonamides is 2. The lowest BCUT2D eigenvalue weighted by Gasteiger charge is -2.25. The predicted octanol–water partition coefficient (Wildman–Crippen LogP) is 3.94. The normalized spacial score (nSPS) is 11.8. The molecule has 38 heavy (non-hydrogen) atoms. The second-order valence-electron chi connectivity index (χ2n) is 8.38. The van der Waals surface area contributed by atoms with Crippen molar-refractivity contribution in [2.45, 2.75) is 16.7 Å². The molecular weight excluding hydrogens is 573 g/mol. The van der Waals surface area contributed by atoms with Crippen LogP contribution in [0.25, 0.3) is 0 Å². The van der Waals surface area contributed by atoms with Crippen molar-refractivity contribution in [1.29, 1.82) is 0 Å². The largest absolute Gasteiger partial charge is 0.492 e. The fourth-order valence-electron chi connectivity index (χ4n) is 3.28. The number of carbonyl (C=O) groups excluding carboxylic acids is 1. The van der Waals surface area contributed by atoms with E-state index in [-0.39, 0.29) is 38.7 Å². The molecule has 0 aliphatic heterocycles. The molecule has 0 atom stereocenters. The van der Waals surface area contributed by atoms with E-state index in [1.54, 1.807) is 12.1 Å². The van der Waals surface area contributed by atoms with Crippen LogP contribution < -0.4 is 14.4 Å². The summed E-state index contributed by atoms with van der Waals surface area (Å²) in [7, 11) is -4.83. The molecule has 0 heterocycles. The SMILES string of the molecule is Cc1ccc(S(=O)(=O)N(CC(=O)NCCOc2ccc(S(=O)(=O)N(C)C)cc2)c2cc(Cl)ccc2Cl)cc1. The molecule has 0 fully saturated rings. The molecule has 0 radical (unpaired) electrons. The van der Waals surface area contributed by atoms with Crippen LogP contribution >= 0.6 is 23.2 Å². The summed E-state index contributed by atoms with van der Waals surface area (Å²) in [5.41, 5.74) is 0.946. The lowest BCUT2D eigenvalue weighted by atomic mass is 10.2. The molecular formula is C25H27Cl2N3O6S2. The van der Waals surface area contributed by atoms with Crippen LogP contribution in [-0.4, -0.2) is 60.8 Å². The van der Waals surface area contributed by atoms with E-state index in [1.807, 2.05) is 6.92 Å². The van der Waals surface area contributed by atoms with Crippen molar-refractivity contribution in [3.05, 3.63) is 82.3 Å². The third-order valence-corrected chi connectivity index (χ3v) is 9.53. The number of carbonyl (C=O) groups is 1. The summed E-state index contributed by atoms with van der Waals surface area (Å²) in [6.07, 6.45) is 0. The minimum Gasteiger partial charge on any atom is -0.492 e. The zero-order chi connectivity index (χ0) is 28.1. The fourth-order valence-corrected chi connectivity index (χ4v) is 6.05. The third kappa shape index (κ3) is 7.17. The van der Waals surface area contributed by atoms with Crippen molar-refractivity contribution >= 4 is 54.8 Å². The van der Waals surface area contributed by atoms with E-state index in [4.69, 9.17) is 27.9 Å². The number of hydrogen-bond acceptors (Lipinski definition) is 6. The standard InChI is InChI=1S/C25H27Cl2N3O6S2/c1-18-4-9-22(10-5-18)38(34,35)30(24-16-19(26)6-13-23(24)27)17-25(31)28-14-15-36-20-7-11-21(12-8-20)37(32,33)29(2)3/h4-13,16H,14-15,17H2,1-3H3,(H,28,31). The average molecular weight is 601 g/mol. The molecule has 13 heteroatoms. The fraction of sp³-hybridized carbons (Fsp3) is 0.240. The summed E-state index contributed by atoms with van der Waals surface area (Å²) < 4.78 is 58.8. The maximum atomic E-state index is 13.5. The van der Waals surface area contributed by atoms with Gasteiger partial charge in [0.15, 0.2) is 0 Å². The van der Waals surface area contributed by atoms with Crippen molar-refractivity contribution in [3.8, 4) is 5.75 Å². The Morgan fingerprint density at radius 1 is 0.868 bits per heavy atom. The topological polar surface area (TPSA) is 113 Å². The molecule has 9 nitrogen and oxygen atoms in total. The monoisotopic (exact) mass is 599 g/mol. The van der Waals surface area contributed by atoms with Crippen LogP contribution in [0.5, 0.6) is 5.75 Å². The van der Waals surface area contributed by atoms with Crippen LogP contribution in [0.1, 0.15) is 5.56 Å². The Kier molecular flexibility index (Phi) is 9.66. The van der Waals surface area contributed by atoms with Crippen molar-refractivity contribution in [2.24, 2.45) is 0 Å². The van der Waals surface area contributed by atoms with E-state index < -0.39 is 32.5 Å². The molecule has 0 spiro atoms. The summed E-state index contributed by atoms with van der Waals surface area (Å²) in [4.78, 5) is 12.9. The van der Waals surface area contributed by atoms with E-state index in [1.165, 1.54) is 68.7 Å². The zero-order valence-corrected chi connectivity index (χ0v) is 24.0. The number of anilines is 1. The number of halogens is 2. The number of benzene rings is 3. The molecule has 0 saturated carbocycles. The van der Waals surface area contributed by atoms with Gasteiger partial charge >= 0.3 is 0 Å². The Hall–Kier alpha value is -2.83. The Morgan fingerprint density at radius 2 is 1.45 bits per heavy atom. The molecule has 1 amide bonds. The predicted molar refractivity (Wildman–Crippen MR) is 148 cm³/mol. The first kappa shape index (κ1) is 29.7. The first-order valence-electron chi connectivity index (χ1n) is 11.3. The van der Waals surface area contributed by atoms with Gasteiger partial charge in [-0.3, -0.25) is 9.10 Å². The van der Waals surface area contributed by atoms with Gasteiger partial charge in [0.1, 0.15) is 18.9 Å². The summed E-state index contributed by atoms with van der Waals surface area (Å²) >= 11 is 12.4. The van der Waals surface area contributed by atoms with E-state index in [0.717, 1.165) is 14.2 Å². The van der Waals surface area contributed by atoms with Gasteiger partial charge in [-0.1, -0.05) is 40.9 Å². The van der Waals surface area contributed by atoms with E-state index >= 15 is 0 Å². The van der Waals surface area contributed by atoms with Gasteiger partial charge in [-0.2, -0.15) is 0 Å². The first-order chi connectivity index (χ1) is 17.8. The summed E-state index contributed by atoms with van der Waals surface area (Å²) in [6.45, 7) is 1.41. The lowest BCUT2D eigenvalue weighted by molar-refractivity contribution is -0.119. The molecule has 3 aromatic carbocycles. The van der Waals surface area contributed by atoms with Crippen molar-refractivity contribution in [1.82, 2.24) is 9.62 Å². The van der Waals surface area contributed by atoms with Gasteiger partial charge in [0.2, 0.25) is 15.9 Å². The number of aryl methyl sites for hydroxylation is 1. The number of hydrogen-bond donors (Lipinski definition) is 1. The number of ether oxygens (including phenoxy) is 1. The highest BCUT2D eigenvalue weighted by molar-refractivity contribution is 7.93. The third-order valence-electron chi connectivity index (χ3n) is 5.37. The highest BCUT2D eigenvalue weighted by atomic mass is 35.5. The minimum atomic E-state index is -4.16. The molecule has 0 unspecified atom stereocenters. The highest BCUT2D eigenvalue weighted by Gasteiger charge is 2.29. The molecule has 3 rings (SSSR count). The van der Waals surface area contributed by atoms with Crippen LogP contribution in [0.3, 0.4) is 0 Å². The molecule has 0 aromatic heterocycles. The Bertz CT molecular complexity index is 1500. The maximum absolute atomic E-state index is 13.5. The van der Waals surface area contributed by atoms with Crippen LogP contribution in [0.15, 0.2) is 76.5 Å². The molecule has 0 saturated heterocycles. The second-order valence-corrected chi connectivity index (χ2v) is 13.2. The van der Waals surface area contributed by atoms with Gasteiger partial charge < -0.3 is 10.1 Å². The molecule has 204 valence electrons. The molecule has 0 aliphatic carbocycles. The summed E-state index contributed by atoms with van der Waals surface area (Å²) in [5.74, 6) is -0.181. The Balaban J connectivity index is 1.68. The number of rotatable bonds is 11. The summed E-state index contributed by atoms with van der Waals surface area (Å²) in [5, 5.41) is 2.99. The van der Waals surface area contributed by atoms with Gasteiger partial charge in [0.25, 0.3) is 10.0 Å². The Labute approximate surface area is 233 Å².